The van der Waals surface area contributed by atoms with Gasteiger partial charge in [-0.15, -0.1) is 0 Å². The standard InChI is InChI=1S/C15H19NO2/c1-15(2,3)18-14(17)16-10-11-7-8-12-5-4-6-13(12)9-11/h4-5,7-9H,6,10H2,1-3H3,(H,16,17). The molecule has 3 heteroatoms. The highest BCUT2D eigenvalue weighted by atomic mass is 16.6. The van der Waals surface area contributed by atoms with E-state index in [1.54, 1.807) is 0 Å². The van der Waals surface area contributed by atoms with Gasteiger partial charge in [0, 0.05) is 6.54 Å². The van der Waals surface area contributed by atoms with Crippen LogP contribution in [0, 0.1) is 0 Å². The first kappa shape index (κ1) is 12.7. The number of benzene rings is 1. The Morgan fingerprint density at radius 2 is 2.17 bits per heavy atom. The molecular formula is C15H19NO2. The minimum Gasteiger partial charge on any atom is -0.444 e. The Kier molecular flexibility index (Phi) is 3.41. The molecule has 1 aliphatic carbocycles. The fourth-order valence-corrected chi connectivity index (χ4v) is 1.91. The van der Waals surface area contributed by atoms with Crippen molar-refractivity contribution >= 4 is 12.2 Å². The summed E-state index contributed by atoms with van der Waals surface area (Å²) in [6.07, 6.45) is 4.88. The van der Waals surface area contributed by atoms with E-state index in [0.29, 0.717) is 6.54 Å². The number of hydrogen-bond donors (Lipinski definition) is 1. The first-order valence-corrected chi connectivity index (χ1v) is 6.19. The number of allylic oxidation sites excluding steroid dienone is 1. The molecule has 96 valence electrons. The molecule has 18 heavy (non-hydrogen) atoms. The first-order valence-electron chi connectivity index (χ1n) is 6.19. The summed E-state index contributed by atoms with van der Waals surface area (Å²) >= 11 is 0. The second-order valence-electron chi connectivity index (χ2n) is 5.50. The molecule has 2 rings (SSSR count). The molecule has 0 radical (unpaired) electrons. The van der Waals surface area contributed by atoms with Crippen LogP contribution >= 0.6 is 0 Å². The van der Waals surface area contributed by atoms with E-state index in [2.05, 4.69) is 29.6 Å². The van der Waals surface area contributed by atoms with Crippen LogP contribution in [0.5, 0.6) is 0 Å². The van der Waals surface area contributed by atoms with E-state index in [9.17, 15) is 4.79 Å². The number of alkyl carbamates (subject to hydrolysis) is 1. The lowest BCUT2D eigenvalue weighted by atomic mass is 10.1. The van der Waals surface area contributed by atoms with Crippen molar-refractivity contribution < 1.29 is 9.53 Å². The summed E-state index contributed by atoms with van der Waals surface area (Å²) in [5, 5.41) is 2.77. The van der Waals surface area contributed by atoms with Gasteiger partial charge in [0.15, 0.2) is 0 Å². The van der Waals surface area contributed by atoms with Crippen molar-refractivity contribution in [3.8, 4) is 0 Å². The van der Waals surface area contributed by atoms with E-state index in [4.69, 9.17) is 4.74 Å². The number of ether oxygens (including phenoxy) is 1. The molecule has 0 atom stereocenters. The minimum absolute atomic E-state index is 0.374. The topological polar surface area (TPSA) is 38.3 Å². The van der Waals surface area contributed by atoms with Gasteiger partial charge in [-0.3, -0.25) is 0 Å². The van der Waals surface area contributed by atoms with Crippen molar-refractivity contribution in [2.45, 2.75) is 39.3 Å². The third-order valence-corrected chi connectivity index (χ3v) is 2.68. The Morgan fingerprint density at radius 3 is 2.89 bits per heavy atom. The zero-order valence-electron chi connectivity index (χ0n) is 11.1. The predicted molar refractivity (Wildman–Crippen MR) is 72.3 cm³/mol. The Bertz CT molecular complexity index is 484. The van der Waals surface area contributed by atoms with Crippen LogP contribution in [-0.2, 0) is 17.7 Å². The van der Waals surface area contributed by atoms with Gasteiger partial charge in [-0.25, -0.2) is 4.79 Å². The fraction of sp³-hybridized carbons (Fsp3) is 0.400. The second kappa shape index (κ2) is 4.84. The molecular weight excluding hydrogens is 226 g/mol. The zero-order chi connectivity index (χ0) is 13.2. The molecule has 0 heterocycles. The lowest BCUT2D eigenvalue weighted by molar-refractivity contribution is 0.0523. The number of nitrogens with one attached hydrogen (secondary N) is 1. The minimum atomic E-state index is -0.452. The largest absolute Gasteiger partial charge is 0.444 e. The molecule has 0 aliphatic heterocycles. The summed E-state index contributed by atoms with van der Waals surface area (Å²) in [6.45, 7) is 6.07. The van der Waals surface area contributed by atoms with Crippen molar-refractivity contribution in [1.82, 2.24) is 5.32 Å². The molecule has 0 bridgehead atoms. The molecule has 1 aromatic carbocycles. The Morgan fingerprint density at radius 1 is 1.39 bits per heavy atom. The molecule has 1 N–H and O–H groups in total. The lowest BCUT2D eigenvalue weighted by Crippen LogP contribution is -2.32. The molecule has 1 amide bonds. The highest BCUT2D eigenvalue weighted by Crippen LogP contribution is 2.20. The monoisotopic (exact) mass is 245 g/mol. The molecule has 0 spiro atoms. The summed E-state index contributed by atoms with van der Waals surface area (Å²) in [7, 11) is 0. The van der Waals surface area contributed by atoms with Crippen molar-refractivity contribution in [1.29, 1.82) is 0 Å². The third-order valence-electron chi connectivity index (χ3n) is 2.68. The number of carbonyl (C=O) groups is 1. The lowest BCUT2D eigenvalue weighted by Gasteiger charge is -2.19. The van der Waals surface area contributed by atoms with Gasteiger partial charge in [0.1, 0.15) is 5.60 Å². The van der Waals surface area contributed by atoms with Crippen LogP contribution in [0.3, 0.4) is 0 Å². The van der Waals surface area contributed by atoms with Crippen molar-refractivity contribution in [2.75, 3.05) is 0 Å². The maximum Gasteiger partial charge on any atom is 0.407 e. The van der Waals surface area contributed by atoms with E-state index in [0.717, 1.165) is 12.0 Å². The van der Waals surface area contributed by atoms with Crippen LogP contribution in [0.1, 0.15) is 37.5 Å². The molecule has 1 aromatic rings. The quantitative estimate of drug-likeness (QED) is 0.868. The smallest absolute Gasteiger partial charge is 0.407 e. The Hall–Kier alpha value is -1.77. The van der Waals surface area contributed by atoms with Gasteiger partial charge in [-0.05, 0) is 43.9 Å². The highest BCUT2D eigenvalue weighted by Gasteiger charge is 2.15. The molecule has 0 saturated carbocycles. The number of rotatable bonds is 2. The molecule has 1 aliphatic rings. The van der Waals surface area contributed by atoms with Crippen LogP contribution in [0.4, 0.5) is 4.79 Å². The molecule has 3 nitrogen and oxygen atoms in total. The van der Waals surface area contributed by atoms with Gasteiger partial charge in [0.25, 0.3) is 0 Å². The third kappa shape index (κ3) is 3.36. The maximum absolute atomic E-state index is 11.5. The van der Waals surface area contributed by atoms with Crippen molar-refractivity contribution in [3.63, 3.8) is 0 Å². The number of carbonyl (C=O) groups excluding carboxylic acids is 1. The average Bonchev–Trinajstić information content (AvgIpc) is 2.71. The van der Waals surface area contributed by atoms with Crippen LogP contribution < -0.4 is 5.32 Å². The SMILES string of the molecule is CC(C)(C)OC(=O)NCc1ccc2c(c1)CC=C2. The first-order chi connectivity index (χ1) is 8.44. The van der Waals surface area contributed by atoms with Gasteiger partial charge in [0.05, 0.1) is 0 Å². The van der Waals surface area contributed by atoms with E-state index in [1.165, 1.54) is 11.1 Å². The molecule has 0 fully saturated rings. The normalized spacial score (nSPS) is 13.3. The van der Waals surface area contributed by atoms with Crippen molar-refractivity contribution in [3.05, 3.63) is 41.0 Å². The zero-order valence-corrected chi connectivity index (χ0v) is 11.1. The van der Waals surface area contributed by atoms with E-state index < -0.39 is 5.60 Å². The highest BCUT2D eigenvalue weighted by molar-refractivity contribution is 5.68. The van der Waals surface area contributed by atoms with Gasteiger partial charge in [0.2, 0.25) is 0 Å². The van der Waals surface area contributed by atoms with E-state index >= 15 is 0 Å². The summed E-state index contributed by atoms with van der Waals surface area (Å²) in [5.41, 5.74) is 3.24. The number of hydrogen-bond acceptors (Lipinski definition) is 2. The van der Waals surface area contributed by atoms with E-state index in [-0.39, 0.29) is 6.09 Å². The van der Waals surface area contributed by atoms with Gasteiger partial charge < -0.3 is 10.1 Å². The Balaban J connectivity index is 1.89. The number of fused-ring (bicyclic) bond motifs is 1. The Labute approximate surface area is 108 Å². The van der Waals surface area contributed by atoms with Gasteiger partial charge in [-0.2, -0.15) is 0 Å². The number of amides is 1. The van der Waals surface area contributed by atoms with Crippen LogP contribution in [0.2, 0.25) is 0 Å². The van der Waals surface area contributed by atoms with Gasteiger partial charge >= 0.3 is 6.09 Å². The predicted octanol–water partition coefficient (Wildman–Crippen LogP) is 3.28. The fourth-order valence-electron chi connectivity index (χ4n) is 1.91. The summed E-state index contributed by atoms with van der Waals surface area (Å²) in [5.74, 6) is 0. The summed E-state index contributed by atoms with van der Waals surface area (Å²) in [4.78, 5) is 11.5. The average molecular weight is 245 g/mol. The van der Waals surface area contributed by atoms with Crippen LogP contribution in [0.15, 0.2) is 24.3 Å². The molecule has 0 unspecified atom stereocenters. The molecule has 0 aromatic heterocycles. The van der Waals surface area contributed by atoms with Crippen molar-refractivity contribution in [2.24, 2.45) is 0 Å². The summed E-state index contributed by atoms with van der Waals surface area (Å²) < 4.78 is 5.19. The van der Waals surface area contributed by atoms with Crippen LogP contribution in [0.25, 0.3) is 6.08 Å². The maximum atomic E-state index is 11.5. The second-order valence-corrected chi connectivity index (χ2v) is 5.50. The molecule has 0 saturated heterocycles. The van der Waals surface area contributed by atoms with Gasteiger partial charge in [-0.1, -0.05) is 30.4 Å². The summed E-state index contributed by atoms with van der Waals surface area (Å²) in [6, 6.07) is 6.25. The van der Waals surface area contributed by atoms with Crippen LogP contribution in [-0.4, -0.2) is 11.7 Å². The van der Waals surface area contributed by atoms with E-state index in [1.807, 2.05) is 26.8 Å².